The fourth-order valence-corrected chi connectivity index (χ4v) is 3.34. The fraction of sp³-hybridized carbons (Fsp3) is 0.692. The summed E-state index contributed by atoms with van der Waals surface area (Å²) in [5.41, 5.74) is 2.13. The number of nitrogens with one attached hydrogen (secondary N) is 1. The van der Waals surface area contributed by atoms with Gasteiger partial charge in [-0.15, -0.1) is 0 Å². The summed E-state index contributed by atoms with van der Waals surface area (Å²) in [4.78, 5) is 0. The van der Waals surface area contributed by atoms with Crippen LogP contribution in [0.3, 0.4) is 0 Å². The number of rotatable bonds is 2. The summed E-state index contributed by atoms with van der Waals surface area (Å²) in [6, 6.07) is 2.94. The Morgan fingerprint density at radius 1 is 1.47 bits per heavy atom. The second-order valence-electron chi connectivity index (χ2n) is 5.16. The Morgan fingerprint density at radius 3 is 2.80 bits per heavy atom. The molecule has 0 bridgehead atoms. The van der Waals surface area contributed by atoms with Gasteiger partial charge in [-0.05, 0) is 31.4 Å². The molecule has 1 spiro atoms. The van der Waals surface area contributed by atoms with Crippen molar-refractivity contribution in [1.29, 1.82) is 0 Å². The van der Waals surface area contributed by atoms with Gasteiger partial charge < -0.3 is 9.88 Å². The zero-order valence-corrected chi connectivity index (χ0v) is 9.50. The Kier molecular flexibility index (Phi) is 2.13. The standard InChI is InChI=1S/C13H20N2/c1-2-15-8-5-11(9-15)12-13(10-14-12)6-3-4-7-13/h5,8-9,12,14H,2-4,6-7,10H2,1H3/t12-/m0/s1. The van der Waals surface area contributed by atoms with Crippen LogP contribution in [0.25, 0.3) is 0 Å². The van der Waals surface area contributed by atoms with Gasteiger partial charge in [-0.3, -0.25) is 0 Å². The van der Waals surface area contributed by atoms with Crippen LogP contribution >= 0.6 is 0 Å². The molecule has 2 heterocycles. The summed E-state index contributed by atoms with van der Waals surface area (Å²) >= 11 is 0. The predicted octanol–water partition coefficient (Wildman–Crippen LogP) is 2.71. The molecule has 15 heavy (non-hydrogen) atoms. The molecule has 2 aliphatic rings. The van der Waals surface area contributed by atoms with Gasteiger partial charge >= 0.3 is 0 Å². The van der Waals surface area contributed by atoms with Crippen LogP contribution in [-0.4, -0.2) is 11.1 Å². The number of hydrogen-bond donors (Lipinski definition) is 1. The molecule has 0 radical (unpaired) electrons. The van der Waals surface area contributed by atoms with E-state index in [1.165, 1.54) is 37.8 Å². The van der Waals surface area contributed by atoms with Gasteiger partial charge in [0.05, 0.1) is 0 Å². The molecule has 3 rings (SSSR count). The molecule has 2 nitrogen and oxygen atoms in total. The summed E-state index contributed by atoms with van der Waals surface area (Å²) in [5, 5.41) is 3.62. The highest BCUT2D eigenvalue weighted by atomic mass is 15.1. The molecule has 1 aromatic rings. The average Bonchev–Trinajstić information content (AvgIpc) is 2.85. The highest BCUT2D eigenvalue weighted by Crippen LogP contribution is 2.52. The van der Waals surface area contributed by atoms with E-state index in [4.69, 9.17) is 0 Å². The van der Waals surface area contributed by atoms with Crippen molar-refractivity contribution in [2.45, 2.75) is 45.2 Å². The molecular formula is C13H20N2. The number of aromatic nitrogens is 1. The molecular weight excluding hydrogens is 184 g/mol. The van der Waals surface area contributed by atoms with Gasteiger partial charge in [0, 0.05) is 36.9 Å². The molecule has 1 aliphatic carbocycles. The summed E-state index contributed by atoms with van der Waals surface area (Å²) < 4.78 is 2.28. The van der Waals surface area contributed by atoms with Crippen LogP contribution in [0, 0.1) is 5.41 Å². The predicted molar refractivity (Wildman–Crippen MR) is 61.8 cm³/mol. The molecule has 1 saturated carbocycles. The average molecular weight is 204 g/mol. The minimum atomic E-state index is 0.625. The summed E-state index contributed by atoms with van der Waals surface area (Å²) in [6.07, 6.45) is 10.3. The lowest BCUT2D eigenvalue weighted by Gasteiger charge is -2.48. The molecule has 0 aromatic carbocycles. The van der Waals surface area contributed by atoms with Crippen molar-refractivity contribution in [2.24, 2.45) is 5.41 Å². The van der Waals surface area contributed by atoms with E-state index in [0.717, 1.165) is 6.54 Å². The molecule has 2 heteroatoms. The van der Waals surface area contributed by atoms with Crippen LogP contribution in [0.5, 0.6) is 0 Å². The highest BCUT2D eigenvalue weighted by Gasteiger charge is 2.48. The van der Waals surface area contributed by atoms with E-state index in [1.54, 1.807) is 0 Å². The Bertz CT molecular complexity index is 347. The van der Waals surface area contributed by atoms with Crippen molar-refractivity contribution >= 4 is 0 Å². The summed E-state index contributed by atoms with van der Waals surface area (Å²) in [6.45, 7) is 4.53. The lowest BCUT2D eigenvalue weighted by atomic mass is 9.70. The van der Waals surface area contributed by atoms with E-state index in [-0.39, 0.29) is 0 Å². The van der Waals surface area contributed by atoms with Crippen LogP contribution in [0.15, 0.2) is 18.5 Å². The van der Waals surface area contributed by atoms with Gasteiger partial charge in [-0.2, -0.15) is 0 Å². The number of nitrogens with zero attached hydrogens (tertiary/aromatic N) is 1. The van der Waals surface area contributed by atoms with Gasteiger partial charge in [0.1, 0.15) is 0 Å². The van der Waals surface area contributed by atoms with Gasteiger partial charge in [0.25, 0.3) is 0 Å². The minimum Gasteiger partial charge on any atom is -0.354 e. The minimum absolute atomic E-state index is 0.625. The lowest BCUT2D eigenvalue weighted by Crippen LogP contribution is -2.54. The summed E-state index contributed by atoms with van der Waals surface area (Å²) in [7, 11) is 0. The van der Waals surface area contributed by atoms with Crippen LogP contribution in [0.2, 0.25) is 0 Å². The third-order valence-corrected chi connectivity index (χ3v) is 4.34. The summed E-state index contributed by atoms with van der Waals surface area (Å²) in [5.74, 6) is 0. The highest BCUT2D eigenvalue weighted by molar-refractivity contribution is 5.23. The Morgan fingerprint density at radius 2 is 2.27 bits per heavy atom. The van der Waals surface area contributed by atoms with Gasteiger partial charge in [-0.25, -0.2) is 0 Å². The first-order chi connectivity index (χ1) is 7.34. The van der Waals surface area contributed by atoms with Crippen LogP contribution in [-0.2, 0) is 6.54 Å². The first-order valence-electron chi connectivity index (χ1n) is 6.23. The van der Waals surface area contributed by atoms with Crippen molar-refractivity contribution < 1.29 is 0 Å². The van der Waals surface area contributed by atoms with Crippen molar-refractivity contribution in [3.63, 3.8) is 0 Å². The van der Waals surface area contributed by atoms with E-state index in [2.05, 4.69) is 35.3 Å². The topological polar surface area (TPSA) is 17.0 Å². The van der Waals surface area contributed by atoms with E-state index in [0.29, 0.717) is 11.5 Å². The van der Waals surface area contributed by atoms with Crippen molar-refractivity contribution in [1.82, 2.24) is 9.88 Å². The van der Waals surface area contributed by atoms with Gasteiger partial charge in [-0.1, -0.05) is 12.8 Å². The largest absolute Gasteiger partial charge is 0.354 e. The maximum atomic E-state index is 3.62. The normalized spacial score (nSPS) is 28.2. The monoisotopic (exact) mass is 204 g/mol. The first-order valence-corrected chi connectivity index (χ1v) is 6.23. The van der Waals surface area contributed by atoms with Crippen LogP contribution in [0.1, 0.15) is 44.2 Å². The Balaban J connectivity index is 1.82. The fourth-order valence-electron chi connectivity index (χ4n) is 3.34. The molecule has 82 valence electrons. The molecule has 2 fully saturated rings. The lowest BCUT2D eigenvalue weighted by molar-refractivity contribution is 0.0894. The molecule has 1 aromatic heterocycles. The van der Waals surface area contributed by atoms with Crippen LogP contribution < -0.4 is 5.32 Å². The molecule has 1 saturated heterocycles. The van der Waals surface area contributed by atoms with E-state index < -0.39 is 0 Å². The van der Waals surface area contributed by atoms with E-state index >= 15 is 0 Å². The second kappa shape index (κ2) is 3.38. The molecule has 1 aliphatic heterocycles. The van der Waals surface area contributed by atoms with Gasteiger partial charge in [0.2, 0.25) is 0 Å². The number of aryl methyl sites for hydroxylation is 1. The van der Waals surface area contributed by atoms with Crippen molar-refractivity contribution in [2.75, 3.05) is 6.54 Å². The zero-order valence-electron chi connectivity index (χ0n) is 9.50. The third-order valence-electron chi connectivity index (χ3n) is 4.34. The SMILES string of the molecule is CCn1ccc([C@@H]2NCC23CCCC3)c1. The first kappa shape index (κ1) is 9.46. The van der Waals surface area contributed by atoms with E-state index in [1.807, 2.05) is 0 Å². The number of hydrogen-bond acceptors (Lipinski definition) is 1. The second-order valence-corrected chi connectivity index (χ2v) is 5.16. The van der Waals surface area contributed by atoms with Crippen molar-refractivity contribution in [3.05, 3.63) is 24.0 Å². The molecule has 0 unspecified atom stereocenters. The van der Waals surface area contributed by atoms with Crippen molar-refractivity contribution in [3.8, 4) is 0 Å². The Hall–Kier alpha value is -0.760. The third kappa shape index (κ3) is 1.35. The van der Waals surface area contributed by atoms with E-state index in [9.17, 15) is 0 Å². The maximum absolute atomic E-state index is 3.62. The quantitative estimate of drug-likeness (QED) is 0.783. The van der Waals surface area contributed by atoms with Crippen LogP contribution in [0.4, 0.5) is 0 Å². The molecule has 1 N–H and O–H groups in total. The van der Waals surface area contributed by atoms with Gasteiger partial charge in [0.15, 0.2) is 0 Å². The Labute approximate surface area is 91.7 Å². The smallest absolute Gasteiger partial charge is 0.0404 e. The molecule has 0 amide bonds. The zero-order chi connectivity index (χ0) is 10.3. The maximum Gasteiger partial charge on any atom is 0.0404 e. The molecule has 1 atom stereocenters.